The minimum Gasteiger partial charge on any atom is -0.305 e. The Balaban J connectivity index is 0.00000518. The third-order valence-electron chi connectivity index (χ3n) is 11.4. The molecular formula is C58H38BrIrN4. The molecule has 0 aliphatic heterocycles. The maximum atomic E-state index is 4.59. The van der Waals surface area contributed by atoms with Crippen LogP contribution >= 0.6 is 15.9 Å². The van der Waals surface area contributed by atoms with Crippen molar-refractivity contribution in [3.63, 3.8) is 0 Å². The first kappa shape index (κ1) is 42.4. The van der Waals surface area contributed by atoms with E-state index in [1.165, 1.54) is 0 Å². The van der Waals surface area contributed by atoms with Crippen LogP contribution < -0.4 is 0 Å². The molecule has 0 saturated heterocycles. The molecule has 0 radical (unpaired) electrons. The third-order valence-corrected chi connectivity index (χ3v) is 12.1. The number of nitrogens with zero attached hydrogens (tertiary/aromatic N) is 4. The van der Waals surface area contributed by atoms with Crippen LogP contribution in [0.2, 0.25) is 0 Å². The number of halogens is 1. The Morgan fingerprint density at radius 3 is 1.14 bits per heavy atom. The van der Waals surface area contributed by atoms with Gasteiger partial charge in [0.1, 0.15) is 0 Å². The van der Waals surface area contributed by atoms with Crippen molar-refractivity contribution in [1.29, 1.82) is 0 Å². The summed E-state index contributed by atoms with van der Waals surface area (Å²) >= 11 is 3.93. The molecular weight excluding hydrogens is 1020 g/mol. The van der Waals surface area contributed by atoms with E-state index in [1.807, 2.05) is 67.0 Å². The Labute approximate surface area is 396 Å². The normalized spacial score (nSPS) is 10.9. The van der Waals surface area contributed by atoms with Crippen molar-refractivity contribution in [3.05, 3.63) is 228 Å². The Morgan fingerprint density at radius 1 is 0.359 bits per heavy atom. The molecule has 0 atom stereocenters. The average Bonchev–Trinajstić information content (AvgIpc) is 3.34. The van der Waals surface area contributed by atoms with Gasteiger partial charge < -0.3 is 9.97 Å². The third kappa shape index (κ3) is 8.56. The van der Waals surface area contributed by atoms with Crippen LogP contribution in [0.5, 0.6) is 0 Å². The van der Waals surface area contributed by atoms with Crippen molar-refractivity contribution in [2.45, 2.75) is 13.8 Å². The standard InChI is InChI=1S/C58H38BrN4.Ir/c1-38-32-40(56-20-9-11-28-60-56)22-25-46(38)51-17-6-3-14-48(51)43-34-44(49-15-4-7-18-52(49)47-26-23-41(33-39(47)2)57-21-10-12-29-61-57)36-45(35-43)50-16-5-8-19-53(50)54-27-24-42(37-55(54)59)58-62-30-13-31-63-58;/h3-21,25-37H,1-2H3;/q-3;+3. The van der Waals surface area contributed by atoms with Gasteiger partial charge >= 0.3 is 20.1 Å². The largest absolute Gasteiger partial charge is 3.00 e. The molecule has 0 fully saturated rings. The smallest absolute Gasteiger partial charge is 0.305 e. The van der Waals surface area contributed by atoms with Crippen LogP contribution in [0.4, 0.5) is 0 Å². The molecule has 0 unspecified atom stereocenters. The predicted octanol–water partition coefficient (Wildman–Crippen LogP) is 15.0. The first-order valence-corrected chi connectivity index (χ1v) is 21.6. The minimum atomic E-state index is 0. The number of aromatic nitrogens is 4. The van der Waals surface area contributed by atoms with Gasteiger partial charge in [-0.3, -0.25) is 9.97 Å². The van der Waals surface area contributed by atoms with Gasteiger partial charge in [0.05, 0.1) is 5.82 Å². The summed E-state index contributed by atoms with van der Waals surface area (Å²) in [6.45, 7) is 4.34. The number of hydrogen-bond donors (Lipinski definition) is 0. The predicted molar refractivity (Wildman–Crippen MR) is 260 cm³/mol. The van der Waals surface area contributed by atoms with E-state index in [2.05, 4.69) is 183 Å². The quantitative estimate of drug-likeness (QED) is 0.135. The van der Waals surface area contributed by atoms with Gasteiger partial charge in [0, 0.05) is 24.8 Å². The van der Waals surface area contributed by atoms with Crippen LogP contribution in [0.3, 0.4) is 0 Å². The molecule has 306 valence electrons. The molecule has 0 N–H and O–H groups in total. The summed E-state index contributed by atoms with van der Waals surface area (Å²) in [7, 11) is 0. The molecule has 0 aliphatic carbocycles. The molecule has 0 saturated carbocycles. The summed E-state index contributed by atoms with van der Waals surface area (Å²) in [6, 6.07) is 70.0. The monoisotopic (exact) mass is 1060 g/mol. The second kappa shape index (κ2) is 18.8. The van der Waals surface area contributed by atoms with E-state index in [-0.39, 0.29) is 20.1 Å². The van der Waals surface area contributed by atoms with Crippen molar-refractivity contribution in [3.8, 4) is 101 Å². The van der Waals surface area contributed by atoms with Crippen LogP contribution in [-0.2, 0) is 20.1 Å². The van der Waals surface area contributed by atoms with Gasteiger partial charge in [-0.2, -0.15) is 0 Å². The van der Waals surface area contributed by atoms with Crippen LogP contribution in [0.1, 0.15) is 11.1 Å². The summed E-state index contributed by atoms with van der Waals surface area (Å²) < 4.78 is 0.935. The SMILES string of the molecule is Cc1cc(-c2ccccn2)[c-]cc1-c1ccccc1-c1cc(-c2ccccc2-c2c[c-]c(-c3ccccn3)cc2C)cc(-c2ccccc2-c2c[c-]c(-c3ncccn3)cc2Br)c1.[Ir+3]. The summed E-state index contributed by atoms with van der Waals surface area (Å²) in [5, 5.41) is 0. The zero-order valence-electron chi connectivity index (χ0n) is 35.0. The van der Waals surface area contributed by atoms with Crippen LogP contribution in [-0.4, -0.2) is 19.9 Å². The molecule has 10 rings (SSSR count). The number of pyridine rings is 2. The molecule has 3 heterocycles. The van der Waals surface area contributed by atoms with Gasteiger partial charge in [-0.1, -0.05) is 165 Å². The molecule has 7 aromatic carbocycles. The summed E-state index contributed by atoms with van der Waals surface area (Å²) in [6.07, 6.45) is 7.15. The van der Waals surface area contributed by atoms with Gasteiger partial charge in [0.15, 0.2) is 0 Å². The maximum Gasteiger partial charge on any atom is 3.00 e. The molecule has 6 heteroatoms. The zero-order chi connectivity index (χ0) is 42.7. The molecule has 10 aromatic rings. The van der Waals surface area contributed by atoms with Crippen LogP contribution in [0.15, 0.2) is 199 Å². The molecule has 4 nitrogen and oxygen atoms in total. The maximum absolute atomic E-state index is 4.59. The molecule has 64 heavy (non-hydrogen) atoms. The van der Waals surface area contributed by atoms with Gasteiger partial charge in [-0.15, -0.1) is 82.4 Å². The fourth-order valence-corrected chi connectivity index (χ4v) is 8.92. The van der Waals surface area contributed by atoms with E-state index in [0.29, 0.717) is 5.82 Å². The van der Waals surface area contributed by atoms with E-state index in [1.54, 1.807) is 12.4 Å². The first-order chi connectivity index (χ1) is 31.0. The van der Waals surface area contributed by atoms with Crippen LogP contribution in [0.25, 0.3) is 101 Å². The van der Waals surface area contributed by atoms with Crippen LogP contribution in [0, 0.1) is 32.0 Å². The van der Waals surface area contributed by atoms with Crippen molar-refractivity contribution in [1.82, 2.24) is 19.9 Å². The fraction of sp³-hybridized carbons (Fsp3) is 0.0345. The number of aryl methyl sites for hydroxylation is 2. The second-order valence-electron chi connectivity index (χ2n) is 15.4. The van der Waals surface area contributed by atoms with E-state index in [4.69, 9.17) is 0 Å². The van der Waals surface area contributed by atoms with Gasteiger partial charge in [-0.25, -0.2) is 0 Å². The molecule has 3 aromatic heterocycles. The van der Waals surface area contributed by atoms with Gasteiger partial charge in [0.2, 0.25) is 0 Å². The summed E-state index contributed by atoms with van der Waals surface area (Å²) in [5.74, 6) is 0.631. The van der Waals surface area contributed by atoms with Crippen molar-refractivity contribution >= 4 is 15.9 Å². The van der Waals surface area contributed by atoms with Crippen molar-refractivity contribution < 1.29 is 20.1 Å². The Kier molecular flexibility index (Phi) is 12.4. The van der Waals surface area contributed by atoms with E-state index < -0.39 is 0 Å². The molecule has 0 bridgehead atoms. The Morgan fingerprint density at radius 2 is 0.734 bits per heavy atom. The molecule has 0 aliphatic rings. The van der Waals surface area contributed by atoms with Gasteiger partial charge in [0.25, 0.3) is 0 Å². The summed E-state index contributed by atoms with van der Waals surface area (Å²) in [4.78, 5) is 18.1. The Hall–Kier alpha value is -6.95. The van der Waals surface area contributed by atoms with Crippen molar-refractivity contribution in [2.24, 2.45) is 0 Å². The topological polar surface area (TPSA) is 51.6 Å². The van der Waals surface area contributed by atoms with E-state index in [0.717, 1.165) is 110 Å². The molecule has 0 spiro atoms. The minimum absolute atomic E-state index is 0. The number of benzene rings is 7. The average molecular weight is 1060 g/mol. The van der Waals surface area contributed by atoms with Crippen molar-refractivity contribution in [2.75, 3.05) is 0 Å². The molecule has 0 amide bonds. The van der Waals surface area contributed by atoms with E-state index >= 15 is 0 Å². The number of rotatable bonds is 9. The fourth-order valence-electron chi connectivity index (χ4n) is 8.36. The Bertz CT molecular complexity index is 2900. The van der Waals surface area contributed by atoms with E-state index in [9.17, 15) is 0 Å². The number of hydrogen-bond acceptors (Lipinski definition) is 4. The zero-order valence-corrected chi connectivity index (χ0v) is 39.0. The second-order valence-corrected chi connectivity index (χ2v) is 16.3. The van der Waals surface area contributed by atoms with Gasteiger partial charge in [-0.05, 0) is 81.2 Å². The first-order valence-electron chi connectivity index (χ1n) is 20.8. The summed E-state index contributed by atoms with van der Waals surface area (Å²) in [5.41, 5.74) is 20.2.